The predicted octanol–water partition coefficient (Wildman–Crippen LogP) is 2.30. The van der Waals surface area contributed by atoms with E-state index >= 15 is 0 Å². The molecule has 2 rings (SSSR count). The fourth-order valence-corrected chi connectivity index (χ4v) is 2.23. The lowest BCUT2D eigenvalue weighted by molar-refractivity contribution is 0.119. The smallest absolute Gasteiger partial charge is 0.147 e. The summed E-state index contributed by atoms with van der Waals surface area (Å²) in [5.74, 6) is 0.702. The van der Waals surface area contributed by atoms with Gasteiger partial charge in [0.05, 0.1) is 0 Å². The molecule has 0 bridgehead atoms. The highest BCUT2D eigenvalue weighted by atomic mass is 19.1. The minimum atomic E-state index is -0.816. The van der Waals surface area contributed by atoms with E-state index in [0.717, 1.165) is 18.5 Å². The Balaban J connectivity index is 1.90. The molecule has 1 aromatic rings. The van der Waals surface area contributed by atoms with Crippen LogP contribution in [-0.4, -0.2) is 36.5 Å². The first-order valence-electron chi connectivity index (χ1n) is 7.11. The Kier molecular flexibility index (Phi) is 5.80. The summed E-state index contributed by atoms with van der Waals surface area (Å²) in [5.41, 5.74) is 6.58. The van der Waals surface area contributed by atoms with Crippen LogP contribution in [0.4, 0.5) is 4.39 Å². The van der Waals surface area contributed by atoms with Crippen molar-refractivity contribution in [3.05, 3.63) is 35.9 Å². The molecule has 0 aromatic heterocycles. The first kappa shape index (κ1) is 14.8. The number of hydrogen-bond donors (Lipinski definition) is 1. The van der Waals surface area contributed by atoms with Crippen LogP contribution >= 0.6 is 0 Å². The molecule has 110 valence electrons. The van der Waals surface area contributed by atoms with Crippen LogP contribution in [0.5, 0.6) is 0 Å². The summed E-state index contributed by atoms with van der Waals surface area (Å²) in [6.45, 7) is 2.55. The molecule has 0 radical (unpaired) electrons. The van der Waals surface area contributed by atoms with Crippen molar-refractivity contribution in [1.82, 2.24) is 4.90 Å². The van der Waals surface area contributed by atoms with Gasteiger partial charge in [-0.3, -0.25) is 0 Å². The van der Waals surface area contributed by atoms with E-state index in [1.165, 1.54) is 0 Å². The summed E-state index contributed by atoms with van der Waals surface area (Å²) in [6, 6.07) is 9.82. The molecular weight excluding hydrogens is 257 g/mol. The van der Waals surface area contributed by atoms with Crippen LogP contribution in [0, 0.1) is 0 Å². The number of oxime groups is 1. The standard InChI is InChI=1S/C15H22FN3O/c16-14-7-10-19(9-4-8-17)15(11-14)18-20-12-13-5-2-1-3-6-13/h1-3,5-6,14H,4,7-12,17H2. The highest BCUT2D eigenvalue weighted by molar-refractivity contribution is 5.83. The van der Waals surface area contributed by atoms with Gasteiger partial charge >= 0.3 is 0 Å². The number of likely N-dealkylation sites (tertiary alicyclic amines) is 1. The van der Waals surface area contributed by atoms with Crippen molar-refractivity contribution in [1.29, 1.82) is 0 Å². The van der Waals surface area contributed by atoms with Crippen LogP contribution in [0.25, 0.3) is 0 Å². The second kappa shape index (κ2) is 7.85. The number of halogens is 1. The van der Waals surface area contributed by atoms with Gasteiger partial charge in [0.15, 0.2) is 0 Å². The van der Waals surface area contributed by atoms with Crippen LogP contribution in [0.3, 0.4) is 0 Å². The monoisotopic (exact) mass is 279 g/mol. The number of amidine groups is 1. The maximum Gasteiger partial charge on any atom is 0.147 e. The van der Waals surface area contributed by atoms with Crippen LogP contribution in [0.15, 0.2) is 35.5 Å². The van der Waals surface area contributed by atoms with Crippen LogP contribution in [0.1, 0.15) is 24.8 Å². The molecule has 1 unspecified atom stereocenters. The van der Waals surface area contributed by atoms with Crippen molar-refractivity contribution < 1.29 is 9.23 Å². The van der Waals surface area contributed by atoms with Gasteiger partial charge in [0.25, 0.3) is 0 Å². The molecule has 4 nitrogen and oxygen atoms in total. The van der Waals surface area contributed by atoms with Crippen molar-refractivity contribution in [3.63, 3.8) is 0 Å². The molecule has 1 heterocycles. The van der Waals surface area contributed by atoms with Gasteiger partial charge in [0, 0.05) is 19.5 Å². The Labute approximate surface area is 119 Å². The van der Waals surface area contributed by atoms with E-state index in [-0.39, 0.29) is 0 Å². The van der Waals surface area contributed by atoms with Gasteiger partial charge in [0.1, 0.15) is 18.6 Å². The number of benzene rings is 1. The second-order valence-electron chi connectivity index (χ2n) is 4.99. The minimum absolute atomic E-state index is 0.333. The fourth-order valence-electron chi connectivity index (χ4n) is 2.23. The minimum Gasteiger partial charge on any atom is -0.389 e. The summed E-state index contributed by atoms with van der Waals surface area (Å²) >= 11 is 0. The van der Waals surface area contributed by atoms with Gasteiger partial charge < -0.3 is 15.5 Å². The number of nitrogens with zero attached hydrogens (tertiary/aromatic N) is 2. The van der Waals surface area contributed by atoms with Gasteiger partial charge in [-0.15, -0.1) is 0 Å². The van der Waals surface area contributed by atoms with Crippen molar-refractivity contribution >= 4 is 5.84 Å². The SMILES string of the molecule is NCCCN1CCC(F)CC1=NOCc1ccccc1. The number of alkyl halides is 1. The first-order chi connectivity index (χ1) is 9.79. The van der Waals surface area contributed by atoms with Crippen molar-refractivity contribution in [3.8, 4) is 0 Å². The average Bonchev–Trinajstić information content (AvgIpc) is 2.47. The normalized spacial score (nSPS) is 21.2. The molecule has 2 N–H and O–H groups in total. The number of nitrogens with two attached hydrogens (primary N) is 1. The van der Waals surface area contributed by atoms with E-state index in [0.29, 0.717) is 38.4 Å². The molecule has 0 saturated carbocycles. The molecule has 0 spiro atoms. The molecule has 5 heteroatoms. The lowest BCUT2D eigenvalue weighted by Crippen LogP contribution is -2.40. The van der Waals surface area contributed by atoms with Gasteiger partial charge in [-0.1, -0.05) is 35.5 Å². The molecule has 1 atom stereocenters. The zero-order chi connectivity index (χ0) is 14.2. The van der Waals surface area contributed by atoms with Crippen LogP contribution in [0.2, 0.25) is 0 Å². The van der Waals surface area contributed by atoms with E-state index in [9.17, 15) is 4.39 Å². The van der Waals surface area contributed by atoms with Gasteiger partial charge in [-0.05, 0) is 24.9 Å². The Morgan fingerprint density at radius 1 is 1.35 bits per heavy atom. The highest BCUT2D eigenvalue weighted by Crippen LogP contribution is 2.16. The zero-order valence-corrected chi connectivity index (χ0v) is 11.7. The maximum atomic E-state index is 13.5. The first-order valence-corrected chi connectivity index (χ1v) is 7.11. The van der Waals surface area contributed by atoms with Gasteiger partial charge in [-0.2, -0.15) is 0 Å². The number of rotatable bonds is 6. The summed E-state index contributed by atoms with van der Waals surface area (Å²) in [5, 5.41) is 4.12. The zero-order valence-electron chi connectivity index (χ0n) is 11.7. The largest absolute Gasteiger partial charge is 0.389 e. The van der Waals surface area contributed by atoms with Crippen LogP contribution < -0.4 is 5.73 Å². The molecule has 1 aliphatic heterocycles. The second-order valence-corrected chi connectivity index (χ2v) is 4.99. The van der Waals surface area contributed by atoms with Crippen molar-refractivity contribution in [2.24, 2.45) is 10.9 Å². The molecule has 0 amide bonds. The Bertz CT molecular complexity index is 422. The summed E-state index contributed by atoms with van der Waals surface area (Å²) in [6.07, 6.45) is 0.958. The molecule has 1 aliphatic rings. The topological polar surface area (TPSA) is 50.8 Å². The molecule has 1 aromatic carbocycles. The third kappa shape index (κ3) is 4.49. The van der Waals surface area contributed by atoms with E-state index in [4.69, 9.17) is 10.6 Å². The summed E-state index contributed by atoms with van der Waals surface area (Å²) in [7, 11) is 0. The average molecular weight is 279 g/mol. The number of piperidine rings is 1. The predicted molar refractivity (Wildman–Crippen MR) is 78.0 cm³/mol. The lowest BCUT2D eigenvalue weighted by atomic mass is 10.1. The Morgan fingerprint density at radius 3 is 2.90 bits per heavy atom. The highest BCUT2D eigenvalue weighted by Gasteiger charge is 2.24. The lowest BCUT2D eigenvalue weighted by Gasteiger charge is -2.31. The third-order valence-corrected chi connectivity index (χ3v) is 3.36. The van der Waals surface area contributed by atoms with Gasteiger partial charge in [-0.25, -0.2) is 4.39 Å². The van der Waals surface area contributed by atoms with Gasteiger partial charge in [0.2, 0.25) is 0 Å². The molecule has 20 heavy (non-hydrogen) atoms. The number of hydrogen-bond acceptors (Lipinski definition) is 3. The maximum absolute atomic E-state index is 13.5. The van der Waals surface area contributed by atoms with E-state index in [1.54, 1.807) is 0 Å². The molecule has 1 saturated heterocycles. The molecular formula is C15H22FN3O. The Morgan fingerprint density at radius 2 is 2.15 bits per heavy atom. The summed E-state index contributed by atoms with van der Waals surface area (Å²) in [4.78, 5) is 7.44. The quantitative estimate of drug-likeness (QED) is 0.813. The van der Waals surface area contributed by atoms with Crippen molar-refractivity contribution in [2.75, 3.05) is 19.6 Å². The van der Waals surface area contributed by atoms with E-state index in [1.807, 2.05) is 30.3 Å². The van der Waals surface area contributed by atoms with Crippen molar-refractivity contribution in [2.45, 2.75) is 32.0 Å². The Hall–Kier alpha value is -1.62. The van der Waals surface area contributed by atoms with Crippen LogP contribution in [-0.2, 0) is 11.4 Å². The summed E-state index contributed by atoms with van der Waals surface area (Å²) < 4.78 is 13.5. The third-order valence-electron chi connectivity index (χ3n) is 3.36. The fraction of sp³-hybridized carbons (Fsp3) is 0.533. The molecule has 1 fully saturated rings. The molecule has 0 aliphatic carbocycles. The van der Waals surface area contributed by atoms with E-state index in [2.05, 4.69) is 10.1 Å². The van der Waals surface area contributed by atoms with E-state index < -0.39 is 6.17 Å².